The van der Waals surface area contributed by atoms with Crippen LogP contribution in [0.5, 0.6) is 0 Å². The summed E-state index contributed by atoms with van der Waals surface area (Å²) >= 11 is 0. The molecule has 0 unspecified atom stereocenters. The highest BCUT2D eigenvalue weighted by Gasteiger charge is 2.46. The first-order chi connectivity index (χ1) is 12.8. The summed E-state index contributed by atoms with van der Waals surface area (Å²) in [4.78, 5) is 16.6. The van der Waals surface area contributed by atoms with Crippen LogP contribution in [0.25, 0.3) is 0 Å². The van der Waals surface area contributed by atoms with Crippen LogP contribution < -0.4 is 0 Å². The Kier molecular flexibility index (Phi) is 5.85. The molecule has 2 aromatic rings. The first kappa shape index (κ1) is 19.4. The first-order valence-corrected chi connectivity index (χ1v) is 9.60. The highest BCUT2D eigenvalue weighted by Crippen LogP contribution is 2.35. The van der Waals surface area contributed by atoms with Gasteiger partial charge in [0.15, 0.2) is 0 Å². The molecule has 3 rings (SSSR count). The van der Waals surface area contributed by atoms with Gasteiger partial charge in [0.2, 0.25) is 0 Å². The summed E-state index contributed by atoms with van der Waals surface area (Å²) in [5, 5.41) is 0. The van der Waals surface area contributed by atoms with Gasteiger partial charge in [0.05, 0.1) is 6.04 Å². The molecular formula is C23H30N2O2. The lowest BCUT2D eigenvalue weighted by Crippen LogP contribution is -2.31. The molecule has 1 saturated heterocycles. The zero-order chi connectivity index (χ0) is 19.4. The topological polar surface area (TPSA) is 32.5 Å². The minimum Gasteiger partial charge on any atom is -0.444 e. The maximum absolute atomic E-state index is 12.4. The van der Waals surface area contributed by atoms with Crippen LogP contribution in [0, 0.1) is 0 Å². The fourth-order valence-electron chi connectivity index (χ4n) is 3.47. The van der Waals surface area contributed by atoms with E-state index in [1.165, 1.54) is 11.1 Å². The van der Waals surface area contributed by atoms with E-state index in [9.17, 15) is 4.79 Å². The van der Waals surface area contributed by atoms with Gasteiger partial charge in [0, 0.05) is 25.6 Å². The van der Waals surface area contributed by atoms with Gasteiger partial charge >= 0.3 is 6.09 Å². The Morgan fingerprint density at radius 2 is 1.70 bits per heavy atom. The molecule has 2 atom stereocenters. The summed E-state index contributed by atoms with van der Waals surface area (Å²) in [6.45, 7) is 8.27. The van der Waals surface area contributed by atoms with Crippen LogP contribution in [0.1, 0.15) is 37.8 Å². The molecule has 1 fully saturated rings. The fraction of sp³-hybridized carbons (Fsp3) is 0.435. The van der Waals surface area contributed by atoms with E-state index in [1.54, 1.807) is 0 Å². The Morgan fingerprint density at radius 3 is 2.30 bits per heavy atom. The van der Waals surface area contributed by atoms with Gasteiger partial charge in [-0.2, -0.15) is 0 Å². The maximum atomic E-state index is 12.4. The number of likely N-dealkylation sites (N-methyl/N-ethyl adjacent to an activating group) is 1. The standard InChI is InChI=1S/C23H30N2O2/c1-23(2,3)27-22(26)25-17-21(25)20(19-13-9-6-10-14-19)16-24(4)15-18-11-7-5-8-12-18/h5-14,20-21H,15-17H2,1-4H3/t20-,21+,25?/m0/s1. The molecule has 2 aromatic carbocycles. The van der Waals surface area contributed by atoms with Gasteiger partial charge < -0.3 is 14.5 Å². The number of benzene rings is 2. The van der Waals surface area contributed by atoms with Crippen molar-refractivity contribution in [3.8, 4) is 0 Å². The van der Waals surface area contributed by atoms with E-state index in [0.29, 0.717) is 0 Å². The zero-order valence-corrected chi connectivity index (χ0v) is 16.8. The van der Waals surface area contributed by atoms with Crippen molar-refractivity contribution in [2.75, 3.05) is 20.1 Å². The molecule has 0 aliphatic carbocycles. The maximum Gasteiger partial charge on any atom is 0.410 e. The van der Waals surface area contributed by atoms with Gasteiger partial charge in [-0.25, -0.2) is 4.79 Å². The SMILES string of the molecule is CN(Cc1ccccc1)C[C@@H](c1ccccc1)[C@H]1CN1C(=O)OC(C)(C)C. The second-order valence-electron chi connectivity index (χ2n) is 8.40. The Labute approximate surface area is 162 Å². The van der Waals surface area contributed by atoms with Crippen molar-refractivity contribution in [1.82, 2.24) is 9.80 Å². The number of amides is 1. The predicted octanol–water partition coefficient (Wildman–Crippen LogP) is 4.52. The number of ether oxygens (including phenoxy) is 1. The minimum atomic E-state index is -0.462. The molecule has 1 aliphatic rings. The van der Waals surface area contributed by atoms with Crippen LogP contribution in [-0.4, -0.2) is 47.7 Å². The molecule has 0 aromatic heterocycles. The van der Waals surface area contributed by atoms with E-state index in [0.717, 1.165) is 19.6 Å². The number of carbonyl (C=O) groups is 1. The molecule has 1 aliphatic heterocycles. The Morgan fingerprint density at radius 1 is 1.11 bits per heavy atom. The third kappa shape index (κ3) is 5.57. The summed E-state index contributed by atoms with van der Waals surface area (Å²) in [5.41, 5.74) is 2.11. The van der Waals surface area contributed by atoms with E-state index >= 15 is 0 Å². The van der Waals surface area contributed by atoms with Gasteiger partial charge in [-0.3, -0.25) is 0 Å². The van der Waals surface area contributed by atoms with E-state index in [-0.39, 0.29) is 18.1 Å². The fourth-order valence-corrected chi connectivity index (χ4v) is 3.47. The average molecular weight is 367 g/mol. The monoisotopic (exact) mass is 366 g/mol. The van der Waals surface area contributed by atoms with E-state index in [2.05, 4.69) is 60.5 Å². The number of hydrogen-bond acceptors (Lipinski definition) is 3. The average Bonchev–Trinajstić information content (AvgIpc) is 3.40. The molecule has 0 spiro atoms. The third-order valence-corrected chi connectivity index (χ3v) is 4.77. The number of nitrogens with zero attached hydrogens (tertiary/aromatic N) is 2. The van der Waals surface area contributed by atoms with Gasteiger partial charge in [-0.05, 0) is 38.9 Å². The van der Waals surface area contributed by atoms with Gasteiger partial charge in [0.25, 0.3) is 0 Å². The third-order valence-electron chi connectivity index (χ3n) is 4.77. The second kappa shape index (κ2) is 8.13. The van der Waals surface area contributed by atoms with E-state index in [1.807, 2.05) is 37.8 Å². The molecule has 4 nitrogen and oxygen atoms in total. The largest absolute Gasteiger partial charge is 0.444 e. The van der Waals surface area contributed by atoms with Gasteiger partial charge in [-0.15, -0.1) is 0 Å². The molecule has 0 N–H and O–H groups in total. The molecule has 0 saturated carbocycles. The lowest BCUT2D eigenvalue weighted by Gasteiger charge is -2.25. The van der Waals surface area contributed by atoms with E-state index < -0.39 is 5.60 Å². The lowest BCUT2D eigenvalue weighted by molar-refractivity contribution is 0.0400. The first-order valence-electron chi connectivity index (χ1n) is 9.60. The Bertz CT molecular complexity index is 740. The summed E-state index contributed by atoms with van der Waals surface area (Å²) in [5.74, 6) is 0.271. The van der Waals surface area contributed by atoms with Gasteiger partial charge in [-0.1, -0.05) is 60.7 Å². The van der Waals surface area contributed by atoms with Crippen molar-refractivity contribution in [2.24, 2.45) is 0 Å². The molecule has 1 amide bonds. The Hall–Kier alpha value is -2.33. The number of hydrogen-bond donors (Lipinski definition) is 0. The molecule has 1 heterocycles. The molecule has 0 radical (unpaired) electrons. The number of carbonyl (C=O) groups excluding carboxylic acids is 1. The normalized spacial score (nSPS) is 17.7. The zero-order valence-electron chi connectivity index (χ0n) is 16.8. The van der Waals surface area contributed by atoms with Crippen LogP contribution in [0.15, 0.2) is 60.7 Å². The van der Waals surface area contributed by atoms with Crippen LogP contribution in [0.4, 0.5) is 4.79 Å². The van der Waals surface area contributed by atoms with Gasteiger partial charge in [0.1, 0.15) is 5.60 Å². The van der Waals surface area contributed by atoms with Crippen molar-refractivity contribution in [3.63, 3.8) is 0 Å². The van der Waals surface area contributed by atoms with Crippen molar-refractivity contribution in [2.45, 2.75) is 44.9 Å². The minimum absolute atomic E-state index is 0.195. The predicted molar refractivity (Wildman–Crippen MR) is 109 cm³/mol. The quantitative estimate of drug-likeness (QED) is 0.705. The van der Waals surface area contributed by atoms with Crippen LogP contribution in [-0.2, 0) is 11.3 Å². The molecule has 4 heteroatoms. The van der Waals surface area contributed by atoms with Crippen molar-refractivity contribution in [1.29, 1.82) is 0 Å². The summed E-state index contributed by atoms with van der Waals surface area (Å²) in [6.07, 6.45) is -0.209. The lowest BCUT2D eigenvalue weighted by atomic mass is 9.95. The second-order valence-corrected chi connectivity index (χ2v) is 8.40. The van der Waals surface area contributed by atoms with Crippen molar-refractivity contribution < 1.29 is 9.53 Å². The molecule has 27 heavy (non-hydrogen) atoms. The van der Waals surface area contributed by atoms with E-state index in [4.69, 9.17) is 4.74 Å². The van der Waals surface area contributed by atoms with Crippen molar-refractivity contribution in [3.05, 3.63) is 71.8 Å². The highest BCUT2D eigenvalue weighted by molar-refractivity contribution is 5.72. The molecule has 0 bridgehead atoms. The summed E-state index contributed by atoms with van der Waals surface area (Å²) in [6, 6.07) is 21.2. The number of rotatable bonds is 6. The smallest absolute Gasteiger partial charge is 0.410 e. The molecule has 144 valence electrons. The van der Waals surface area contributed by atoms with Crippen LogP contribution in [0.2, 0.25) is 0 Å². The highest BCUT2D eigenvalue weighted by atomic mass is 16.6. The van der Waals surface area contributed by atoms with Crippen molar-refractivity contribution >= 4 is 6.09 Å². The summed E-state index contributed by atoms with van der Waals surface area (Å²) < 4.78 is 5.55. The van der Waals surface area contributed by atoms with Crippen LogP contribution >= 0.6 is 0 Å². The Balaban J connectivity index is 1.69. The van der Waals surface area contributed by atoms with Crippen LogP contribution in [0.3, 0.4) is 0 Å². The molecular weight excluding hydrogens is 336 g/mol. The summed E-state index contributed by atoms with van der Waals surface area (Å²) in [7, 11) is 2.14.